The standard InChI is InChI=1S/C14H22N2O/c1-5-16-13(17)12-8-6-7-11(9-12)10-14(2,3)15-4/h6-9,15H,5,10H2,1-4H3,(H,16,17). The average molecular weight is 234 g/mol. The van der Waals surface area contributed by atoms with E-state index in [2.05, 4.69) is 30.5 Å². The van der Waals surface area contributed by atoms with Crippen molar-refractivity contribution in [2.45, 2.75) is 32.7 Å². The van der Waals surface area contributed by atoms with Gasteiger partial charge in [-0.2, -0.15) is 0 Å². The third-order valence-electron chi connectivity index (χ3n) is 2.85. The summed E-state index contributed by atoms with van der Waals surface area (Å²) >= 11 is 0. The van der Waals surface area contributed by atoms with Gasteiger partial charge in [-0.15, -0.1) is 0 Å². The van der Waals surface area contributed by atoms with Crippen molar-refractivity contribution in [3.8, 4) is 0 Å². The molecule has 0 fully saturated rings. The summed E-state index contributed by atoms with van der Waals surface area (Å²) < 4.78 is 0. The van der Waals surface area contributed by atoms with Gasteiger partial charge in [0, 0.05) is 17.6 Å². The number of carbonyl (C=O) groups is 1. The van der Waals surface area contributed by atoms with Gasteiger partial charge >= 0.3 is 0 Å². The van der Waals surface area contributed by atoms with Crippen molar-refractivity contribution in [2.24, 2.45) is 0 Å². The van der Waals surface area contributed by atoms with Gasteiger partial charge in [-0.3, -0.25) is 4.79 Å². The highest BCUT2D eigenvalue weighted by Gasteiger charge is 2.16. The molecule has 0 bridgehead atoms. The maximum Gasteiger partial charge on any atom is 0.251 e. The van der Waals surface area contributed by atoms with Crippen LogP contribution in [0.5, 0.6) is 0 Å². The lowest BCUT2D eigenvalue weighted by atomic mass is 9.94. The molecular formula is C14H22N2O. The first-order chi connectivity index (χ1) is 7.98. The van der Waals surface area contributed by atoms with Crippen LogP contribution in [-0.2, 0) is 6.42 Å². The molecule has 0 aliphatic rings. The lowest BCUT2D eigenvalue weighted by Crippen LogP contribution is -2.38. The van der Waals surface area contributed by atoms with E-state index in [1.54, 1.807) is 0 Å². The van der Waals surface area contributed by atoms with E-state index in [1.165, 1.54) is 5.56 Å². The van der Waals surface area contributed by atoms with Crippen LogP contribution < -0.4 is 10.6 Å². The summed E-state index contributed by atoms with van der Waals surface area (Å²) in [6.45, 7) is 6.87. The van der Waals surface area contributed by atoms with Crippen LogP contribution in [0.15, 0.2) is 24.3 Å². The predicted molar refractivity (Wildman–Crippen MR) is 71.3 cm³/mol. The monoisotopic (exact) mass is 234 g/mol. The molecule has 1 aromatic rings. The van der Waals surface area contributed by atoms with Crippen molar-refractivity contribution < 1.29 is 4.79 Å². The smallest absolute Gasteiger partial charge is 0.251 e. The second kappa shape index (κ2) is 5.82. The van der Waals surface area contributed by atoms with Crippen LogP contribution in [0.3, 0.4) is 0 Å². The molecule has 2 N–H and O–H groups in total. The zero-order valence-electron chi connectivity index (χ0n) is 11.1. The number of amides is 1. The molecule has 0 aliphatic carbocycles. The minimum atomic E-state index is -0.00314. The molecule has 0 unspecified atom stereocenters. The van der Waals surface area contributed by atoms with Gasteiger partial charge in [-0.05, 0) is 51.9 Å². The second-order valence-electron chi connectivity index (χ2n) is 4.87. The summed E-state index contributed by atoms with van der Waals surface area (Å²) in [4.78, 5) is 11.7. The number of benzene rings is 1. The Morgan fingerprint density at radius 3 is 2.65 bits per heavy atom. The van der Waals surface area contributed by atoms with Gasteiger partial charge in [0.15, 0.2) is 0 Å². The topological polar surface area (TPSA) is 41.1 Å². The fourth-order valence-electron chi connectivity index (χ4n) is 1.68. The van der Waals surface area contributed by atoms with Crippen molar-refractivity contribution in [1.29, 1.82) is 0 Å². The van der Waals surface area contributed by atoms with E-state index >= 15 is 0 Å². The Morgan fingerprint density at radius 1 is 1.35 bits per heavy atom. The third-order valence-corrected chi connectivity index (χ3v) is 2.85. The van der Waals surface area contributed by atoms with Gasteiger partial charge in [-0.25, -0.2) is 0 Å². The van der Waals surface area contributed by atoms with Crippen molar-refractivity contribution >= 4 is 5.91 Å². The van der Waals surface area contributed by atoms with Gasteiger partial charge in [-0.1, -0.05) is 12.1 Å². The Bertz CT molecular complexity index is 386. The molecule has 0 saturated heterocycles. The first-order valence-electron chi connectivity index (χ1n) is 6.04. The normalized spacial score (nSPS) is 11.3. The van der Waals surface area contributed by atoms with Gasteiger partial charge in [0.05, 0.1) is 0 Å². The molecule has 0 spiro atoms. The molecule has 0 heterocycles. The van der Waals surface area contributed by atoms with Gasteiger partial charge < -0.3 is 10.6 Å². The van der Waals surface area contributed by atoms with Crippen molar-refractivity contribution in [3.05, 3.63) is 35.4 Å². The number of hydrogen-bond acceptors (Lipinski definition) is 2. The molecule has 3 nitrogen and oxygen atoms in total. The molecule has 0 aliphatic heterocycles. The molecule has 17 heavy (non-hydrogen) atoms. The van der Waals surface area contributed by atoms with E-state index in [4.69, 9.17) is 0 Å². The van der Waals surface area contributed by atoms with Crippen LogP contribution in [0.4, 0.5) is 0 Å². The molecule has 1 rings (SSSR count). The molecule has 1 amide bonds. The number of nitrogens with one attached hydrogen (secondary N) is 2. The zero-order chi connectivity index (χ0) is 12.9. The number of carbonyl (C=O) groups excluding carboxylic acids is 1. The van der Waals surface area contributed by atoms with Crippen LogP contribution in [0.2, 0.25) is 0 Å². The largest absolute Gasteiger partial charge is 0.352 e. The Hall–Kier alpha value is -1.35. The molecule has 3 heteroatoms. The van der Waals surface area contributed by atoms with Crippen LogP contribution >= 0.6 is 0 Å². The second-order valence-corrected chi connectivity index (χ2v) is 4.87. The van der Waals surface area contributed by atoms with Gasteiger partial charge in [0.2, 0.25) is 0 Å². The van der Waals surface area contributed by atoms with Crippen molar-refractivity contribution in [1.82, 2.24) is 10.6 Å². The van der Waals surface area contributed by atoms with Crippen molar-refractivity contribution in [3.63, 3.8) is 0 Å². The van der Waals surface area contributed by atoms with E-state index in [1.807, 2.05) is 32.2 Å². The summed E-state index contributed by atoms with van der Waals surface area (Å²) in [5.41, 5.74) is 1.95. The number of rotatable bonds is 5. The van der Waals surface area contributed by atoms with E-state index in [0.717, 1.165) is 12.0 Å². The summed E-state index contributed by atoms with van der Waals surface area (Å²) in [6, 6.07) is 7.80. The van der Waals surface area contributed by atoms with Gasteiger partial charge in [0.25, 0.3) is 5.91 Å². The molecule has 94 valence electrons. The van der Waals surface area contributed by atoms with Crippen molar-refractivity contribution in [2.75, 3.05) is 13.6 Å². The zero-order valence-corrected chi connectivity index (χ0v) is 11.1. The predicted octanol–water partition coefficient (Wildman–Crippen LogP) is 1.98. The Balaban J connectivity index is 2.82. The molecule has 0 radical (unpaired) electrons. The highest BCUT2D eigenvalue weighted by Crippen LogP contribution is 2.13. The minimum absolute atomic E-state index is 0.00314. The SMILES string of the molecule is CCNC(=O)c1cccc(CC(C)(C)NC)c1. The lowest BCUT2D eigenvalue weighted by molar-refractivity contribution is 0.0955. The molecule has 0 atom stereocenters. The molecule has 0 saturated carbocycles. The van der Waals surface area contributed by atoms with E-state index in [-0.39, 0.29) is 11.4 Å². The fourth-order valence-corrected chi connectivity index (χ4v) is 1.68. The van der Waals surface area contributed by atoms with E-state index in [9.17, 15) is 4.79 Å². The summed E-state index contributed by atoms with van der Waals surface area (Å²) in [5.74, 6) is -0.00314. The van der Waals surface area contributed by atoms with E-state index in [0.29, 0.717) is 6.54 Å². The maximum atomic E-state index is 11.7. The molecule has 1 aromatic carbocycles. The third kappa shape index (κ3) is 4.19. The lowest BCUT2D eigenvalue weighted by Gasteiger charge is -2.24. The fraction of sp³-hybridized carbons (Fsp3) is 0.500. The quantitative estimate of drug-likeness (QED) is 0.818. The first kappa shape index (κ1) is 13.7. The van der Waals surface area contributed by atoms with Crippen LogP contribution in [0.1, 0.15) is 36.7 Å². The number of likely N-dealkylation sites (N-methyl/N-ethyl adjacent to an activating group) is 1. The molecular weight excluding hydrogens is 212 g/mol. The highest BCUT2D eigenvalue weighted by molar-refractivity contribution is 5.94. The Kier molecular flexibility index (Phi) is 4.70. The first-order valence-corrected chi connectivity index (χ1v) is 6.04. The van der Waals surface area contributed by atoms with Crippen LogP contribution in [0.25, 0.3) is 0 Å². The van der Waals surface area contributed by atoms with Crippen LogP contribution in [-0.4, -0.2) is 25.0 Å². The molecule has 0 aromatic heterocycles. The van der Waals surface area contributed by atoms with Gasteiger partial charge in [0.1, 0.15) is 0 Å². The maximum absolute atomic E-state index is 11.7. The number of hydrogen-bond donors (Lipinski definition) is 2. The summed E-state index contributed by atoms with van der Waals surface area (Å²) in [5, 5.41) is 6.07. The minimum Gasteiger partial charge on any atom is -0.352 e. The highest BCUT2D eigenvalue weighted by atomic mass is 16.1. The summed E-state index contributed by atoms with van der Waals surface area (Å²) in [6.07, 6.45) is 0.900. The summed E-state index contributed by atoms with van der Waals surface area (Å²) in [7, 11) is 1.95. The Morgan fingerprint density at radius 2 is 2.06 bits per heavy atom. The van der Waals surface area contributed by atoms with E-state index < -0.39 is 0 Å². The van der Waals surface area contributed by atoms with Crippen LogP contribution in [0, 0.1) is 0 Å². The Labute approximate surface area is 104 Å². The average Bonchev–Trinajstić information content (AvgIpc) is 2.29.